The number of rotatable bonds is 9. The van der Waals surface area contributed by atoms with Gasteiger partial charge >= 0.3 is 6.09 Å². The maximum Gasteiger partial charge on any atom is 0.408 e. The molecule has 0 aliphatic heterocycles. The van der Waals surface area contributed by atoms with Crippen LogP contribution in [0.15, 0.2) is 91.0 Å². The van der Waals surface area contributed by atoms with Crippen molar-refractivity contribution in [1.29, 1.82) is 0 Å². The Labute approximate surface area is 177 Å². The van der Waals surface area contributed by atoms with E-state index in [0.29, 0.717) is 13.0 Å². The van der Waals surface area contributed by atoms with Crippen molar-refractivity contribution in [3.63, 3.8) is 0 Å². The molecule has 1 atom stereocenters. The average molecular weight is 402 g/mol. The van der Waals surface area contributed by atoms with Gasteiger partial charge in [0.25, 0.3) is 0 Å². The number of carbonyl (C=O) groups excluding carboxylic acids is 2. The highest BCUT2D eigenvalue weighted by Gasteiger charge is 2.21. The molecule has 0 aliphatic carbocycles. The predicted octanol–water partition coefficient (Wildman–Crippen LogP) is 3.88. The third-order valence-electron chi connectivity index (χ3n) is 4.66. The molecule has 0 saturated carbocycles. The highest BCUT2D eigenvalue weighted by atomic mass is 16.5. The third kappa shape index (κ3) is 7.09. The summed E-state index contributed by atoms with van der Waals surface area (Å²) in [5.74, 6) is -0.230. The molecule has 0 bridgehead atoms. The SMILES string of the molecule is O=C(N[C@H](Cc1ccccc1)C(=O)NCCc1ccccc1)OCc1ccccc1. The van der Waals surface area contributed by atoms with Crippen LogP contribution in [0.5, 0.6) is 0 Å². The molecule has 3 rings (SSSR count). The van der Waals surface area contributed by atoms with Crippen LogP contribution in [0.3, 0.4) is 0 Å². The molecule has 3 aromatic rings. The zero-order valence-electron chi connectivity index (χ0n) is 16.8. The summed E-state index contributed by atoms with van der Waals surface area (Å²) >= 11 is 0. The smallest absolute Gasteiger partial charge is 0.408 e. The van der Waals surface area contributed by atoms with Crippen LogP contribution < -0.4 is 10.6 Å². The lowest BCUT2D eigenvalue weighted by Gasteiger charge is -2.18. The van der Waals surface area contributed by atoms with Gasteiger partial charge in [0, 0.05) is 13.0 Å². The van der Waals surface area contributed by atoms with Crippen LogP contribution in [-0.4, -0.2) is 24.6 Å². The molecule has 5 heteroatoms. The normalized spacial score (nSPS) is 11.3. The van der Waals surface area contributed by atoms with Crippen LogP contribution in [-0.2, 0) is 29.0 Å². The predicted molar refractivity (Wildman–Crippen MR) is 117 cm³/mol. The van der Waals surface area contributed by atoms with Crippen molar-refractivity contribution in [3.05, 3.63) is 108 Å². The summed E-state index contributed by atoms with van der Waals surface area (Å²) in [6.07, 6.45) is 0.500. The van der Waals surface area contributed by atoms with Crippen LogP contribution in [0.4, 0.5) is 4.79 Å². The molecular weight excluding hydrogens is 376 g/mol. The Morgan fingerprint density at radius 1 is 0.733 bits per heavy atom. The van der Waals surface area contributed by atoms with E-state index in [0.717, 1.165) is 23.1 Å². The number of hydrogen-bond acceptors (Lipinski definition) is 3. The van der Waals surface area contributed by atoms with Crippen molar-refractivity contribution < 1.29 is 14.3 Å². The van der Waals surface area contributed by atoms with E-state index in [2.05, 4.69) is 10.6 Å². The molecule has 0 fully saturated rings. The van der Waals surface area contributed by atoms with Crippen molar-refractivity contribution in [2.75, 3.05) is 6.54 Å². The third-order valence-corrected chi connectivity index (χ3v) is 4.66. The van der Waals surface area contributed by atoms with Crippen molar-refractivity contribution >= 4 is 12.0 Å². The van der Waals surface area contributed by atoms with Gasteiger partial charge in [-0.25, -0.2) is 4.79 Å². The Hall–Kier alpha value is -3.60. The zero-order valence-corrected chi connectivity index (χ0v) is 16.8. The highest BCUT2D eigenvalue weighted by Crippen LogP contribution is 2.06. The topological polar surface area (TPSA) is 67.4 Å². The van der Waals surface area contributed by atoms with E-state index in [1.807, 2.05) is 91.0 Å². The first-order chi connectivity index (χ1) is 14.7. The first kappa shape index (κ1) is 21.1. The van der Waals surface area contributed by atoms with Crippen LogP contribution in [0.2, 0.25) is 0 Å². The minimum Gasteiger partial charge on any atom is -0.445 e. The number of nitrogens with one attached hydrogen (secondary N) is 2. The minimum absolute atomic E-state index is 0.153. The lowest BCUT2D eigenvalue weighted by Crippen LogP contribution is -2.48. The molecule has 0 aromatic heterocycles. The van der Waals surface area contributed by atoms with Gasteiger partial charge in [0.2, 0.25) is 5.91 Å². The summed E-state index contributed by atoms with van der Waals surface area (Å²) in [6, 6.07) is 28.3. The van der Waals surface area contributed by atoms with Crippen LogP contribution in [0.25, 0.3) is 0 Å². The Morgan fingerprint density at radius 3 is 1.87 bits per heavy atom. The molecule has 0 radical (unpaired) electrons. The quantitative estimate of drug-likeness (QED) is 0.571. The van der Waals surface area contributed by atoms with E-state index in [4.69, 9.17) is 4.74 Å². The fraction of sp³-hybridized carbons (Fsp3) is 0.200. The van der Waals surface area contributed by atoms with Crippen molar-refractivity contribution in [2.24, 2.45) is 0 Å². The largest absolute Gasteiger partial charge is 0.445 e. The number of amides is 2. The van der Waals surface area contributed by atoms with Gasteiger partial charge in [0.15, 0.2) is 0 Å². The van der Waals surface area contributed by atoms with Gasteiger partial charge in [0.05, 0.1) is 0 Å². The monoisotopic (exact) mass is 402 g/mol. The molecule has 0 unspecified atom stereocenters. The number of alkyl carbamates (subject to hydrolysis) is 1. The van der Waals surface area contributed by atoms with E-state index in [1.54, 1.807) is 0 Å². The maximum atomic E-state index is 12.8. The second-order valence-electron chi connectivity index (χ2n) is 6.98. The second kappa shape index (κ2) is 11.4. The fourth-order valence-electron chi connectivity index (χ4n) is 3.06. The lowest BCUT2D eigenvalue weighted by atomic mass is 10.1. The van der Waals surface area contributed by atoms with Gasteiger partial charge in [-0.1, -0.05) is 91.0 Å². The van der Waals surface area contributed by atoms with Gasteiger partial charge in [-0.05, 0) is 23.1 Å². The van der Waals surface area contributed by atoms with E-state index < -0.39 is 12.1 Å². The summed E-state index contributed by atoms with van der Waals surface area (Å²) in [6.45, 7) is 0.648. The molecule has 0 heterocycles. The van der Waals surface area contributed by atoms with Gasteiger partial charge in [-0.3, -0.25) is 4.79 Å². The number of carbonyl (C=O) groups is 2. The molecule has 5 nitrogen and oxygen atoms in total. The number of hydrogen-bond donors (Lipinski definition) is 2. The molecule has 0 aliphatic rings. The zero-order chi connectivity index (χ0) is 21.0. The van der Waals surface area contributed by atoms with E-state index in [-0.39, 0.29) is 12.5 Å². The Kier molecular flexibility index (Phi) is 8.03. The molecule has 2 amide bonds. The van der Waals surface area contributed by atoms with Gasteiger partial charge in [-0.2, -0.15) is 0 Å². The number of ether oxygens (including phenoxy) is 1. The summed E-state index contributed by atoms with van der Waals surface area (Å²) in [4.78, 5) is 25.1. The van der Waals surface area contributed by atoms with Gasteiger partial charge < -0.3 is 15.4 Å². The molecule has 0 saturated heterocycles. The molecule has 0 spiro atoms. The summed E-state index contributed by atoms with van der Waals surface area (Å²) in [5.41, 5.74) is 3.00. The summed E-state index contributed by atoms with van der Waals surface area (Å²) in [5, 5.41) is 5.63. The minimum atomic E-state index is -0.716. The van der Waals surface area contributed by atoms with Crippen molar-refractivity contribution in [3.8, 4) is 0 Å². The molecule has 154 valence electrons. The average Bonchev–Trinajstić information content (AvgIpc) is 2.79. The van der Waals surface area contributed by atoms with Crippen molar-refractivity contribution in [1.82, 2.24) is 10.6 Å². The Bertz CT molecular complexity index is 915. The van der Waals surface area contributed by atoms with E-state index in [1.165, 1.54) is 0 Å². The Morgan fingerprint density at radius 2 is 1.27 bits per heavy atom. The molecule has 3 aromatic carbocycles. The molecule has 2 N–H and O–H groups in total. The number of benzene rings is 3. The van der Waals surface area contributed by atoms with Crippen LogP contribution >= 0.6 is 0 Å². The van der Waals surface area contributed by atoms with Gasteiger partial charge in [-0.15, -0.1) is 0 Å². The van der Waals surface area contributed by atoms with Gasteiger partial charge in [0.1, 0.15) is 12.6 Å². The first-order valence-electron chi connectivity index (χ1n) is 10.0. The fourth-order valence-corrected chi connectivity index (χ4v) is 3.06. The highest BCUT2D eigenvalue weighted by molar-refractivity contribution is 5.85. The second-order valence-corrected chi connectivity index (χ2v) is 6.98. The molecular formula is C25H26N2O3. The van der Waals surface area contributed by atoms with Crippen LogP contribution in [0, 0.1) is 0 Å². The van der Waals surface area contributed by atoms with E-state index >= 15 is 0 Å². The lowest BCUT2D eigenvalue weighted by molar-refractivity contribution is -0.123. The van der Waals surface area contributed by atoms with Crippen LogP contribution in [0.1, 0.15) is 16.7 Å². The van der Waals surface area contributed by atoms with Crippen molar-refractivity contribution in [2.45, 2.75) is 25.5 Å². The van der Waals surface area contributed by atoms with E-state index in [9.17, 15) is 9.59 Å². The Balaban J connectivity index is 1.56. The maximum absolute atomic E-state index is 12.8. The summed E-state index contributed by atoms with van der Waals surface area (Å²) in [7, 11) is 0. The summed E-state index contributed by atoms with van der Waals surface area (Å²) < 4.78 is 5.29. The standard InChI is InChI=1S/C25H26N2O3/c28-24(26-17-16-20-10-4-1-5-11-20)23(18-21-12-6-2-7-13-21)27-25(29)30-19-22-14-8-3-9-15-22/h1-15,23H,16-19H2,(H,26,28)(H,27,29)/t23-/m1/s1. The molecule has 30 heavy (non-hydrogen) atoms. The first-order valence-corrected chi connectivity index (χ1v) is 10.0.